The van der Waals surface area contributed by atoms with Gasteiger partial charge in [0.25, 0.3) is 0 Å². The number of benzene rings is 3. The maximum absolute atomic E-state index is 6.40. The molecule has 8 nitrogen and oxygen atoms in total. The summed E-state index contributed by atoms with van der Waals surface area (Å²) in [7, 11) is 5.25. The van der Waals surface area contributed by atoms with E-state index in [-0.39, 0.29) is 0 Å². The van der Waals surface area contributed by atoms with Gasteiger partial charge in [0, 0.05) is 36.6 Å². The maximum Gasteiger partial charge on any atom is 0.229 e. The van der Waals surface area contributed by atoms with Crippen molar-refractivity contribution in [1.29, 1.82) is 0 Å². The van der Waals surface area contributed by atoms with Crippen LogP contribution in [0, 0.1) is 6.92 Å². The minimum atomic E-state index is 0.356. The fourth-order valence-corrected chi connectivity index (χ4v) is 4.23. The molecule has 4 aromatic rings. The van der Waals surface area contributed by atoms with E-state index in [9.17, 15) is 0 Å². The molecule has 0 unspecified atom stereocenters. The smallest absolute Gasteiger partial charge is 0.229 e. The van der Waals surface area contributed by atoms with Gasteiger partial charge in [0.2, 0.25) is 5.95 Å². The average molecular weight is 528 g/mol. The molecule has 0 radical (unpaired) electrons. The number of methoxy groups -OCH3 is 1. The lowest BCUT2D eigenvalue weighted by molar-refractivity contribution is 0.417. The van der Waals surface area contributed by atoms with E-state index in [1.807, 2.05) is 62.5 Å². The highest BCUT2D eigenvalue weighted by Gasteiger charge is 2.14. The van der Waals surface area contributed by atoms with Crippen LogP contribution in [0.25, 0.3) is 16.8 Å². The molecule has 0 bridgehead atoms. The lowest BCUT2D eigenvalue weighted by Gasteiger charge is -2.16. The molecular weight excluding hydrogens is 498 g/mol. The summed E-state index contributed by atoms with van der Waals surface area (Å²) in [5, 5.41) is 9.96. The standard InChI is InChI=1S/C29H30ClN7O/c1-17-14-25(26(38-5)15-22(17)19-10-12-20(13-11-19)27(32-3)33-4)36-29-34-16-23(30)28(37-29)35-24-9-7-6-8-21(24)18(2)31/h6-16H,2,31H2,1,3-5H3,(H,32,33)(H2,34,35,36,37). The Labute approximate surface area is 227 Å². The Morgan fingerprint density at radius 1 is 1.05 bits per heavy atom. The van der Waals surface area contributed by atoms with Crippen molar-refractivity contribution in [1.82, 2.24) is 15.3 Å². The summed E-state index contributed by atoms with van der Waals surface area (Å²) in [4.78, 5) is 13.2. The molecule has 0 aliphatic carbocycles. The molecule has 0 aliphatic heterocycles. The number of nitrogens with zero attached hydrogens (tertiary/aromatic N) is 3. The topological polar surface area (TPSA) is 109 Å². The van der Waals surface area contributed by atoms with E-state index in [0.29, 0.717) is 28.2 Å². The Morgan fingerprint density at radius 2 is 1.79 bits per heavy atom. The van der Waals surface area contributed by atoms with Gasteiger partial charge in [-0.1, -0.05) is 60.6 Å². The number of hydrogen-bond acceptors (Lipinski definition) is 7. The zero-order valence-electron chi connectivity index (χ0n) is 21.8. The minimum Gasteiger partial charge on any atom is -0.495 e. The Balaban J connectivity index is 1.62. The molecule has 0 fully saturated rings. The summed E-state index contributed by atoms with van der Waals surface area (Å²) in [5.74, 6) is 2.27. The van der Waals surface area contributed by atoms with Gasteiger partial charge in [-0.05, 0) is 41.8 Å². The van der Waals surface area contributed by atoms with E-state index in [0.717, 1.165) is 45.0 Å². The van der Waals surface area contributed by atoms with Gasteiger partial charge < -0.3 is 26.4 Å². The fraction of sp³-hybridized carbons (Fsp3) is 0.138. The molecule has 38 heavy (non-hydrogen) atoms. The maximum atomic E-state index is 6.40. The highest BCUT2D eigenvalue weighted by atomic mass is 35.5. The quantitative estimate of drug-likeness (QED) is 0.161. The van der Waals surface area contributed by atoms with E-state index < -0.39 is 0 Å². The van der Waals surface area contributed by atoms with E-state index in [1.54, 1.807) is 14.2 Å². The summed E-state index contributed by atoms with van der Waals surface area (Å²) in [5.41, 5.74) is 12.8. The summed E-state index contributed by atoms with van der Waals surface area (Å²) in [6.45, 7) is 5.89. The molecule has 4 rings (SSSR count). The zero-order chi connectivity index (χ0) is 27.2. The van der Waals surface area contributed by atoms with Crippen molar-refractivity contribution in [2.24, 2.45) is 10.7 Å². The molecule has 0 atom stereocenters. The van der Waals surface area contributed by atoms with Gasteiger partial charge in [-0.3, -0.25) is 4.99 Å². The summed E-state index contributed by atoms with van der Waals surface area (Å²) in [6.07, 6.45) is 1.54. The normalized spacial score (nSPS) is 11.1. The van der Waals surface area contributed by atoms with Crippen LogP contribution >= 0.6 is 11.6 Å². The fourth-order valence-electron chi connectivity index (χ4n) is 4.09. The summed E-state index contributed by atoms with van der Waals surface area (Å²) < 4.78 is 5.71. The number of nitrogens with two attached hydrogens (primary N) is 1. The number of aryl methyl sites for hydroxylation is 1. The predicted molar refractivity (Wildman–Crippen MR) is 158 cm³/mol. The summed E-state index contributed by atoms with van der Waals surface area (Å²) >= 11 is 6.40. The number of halogens is 1. The number of hydrogen-bond donors (Lipinski definition) is 4. The Kier molecular flexibility index (Phi) is 8.13. The highest BCUT2D eigenvalue weighted by molar-refractivity contribution is 6.33. The number of nitrogens with one attached hydrogen (secondary N) is 3. The number of anilines is 4. The molecule has 3 aromatic carbocycles. The van der Waals surface area contributed by atoms with E-state index in [4.69, 9.17) is 22.1 Å². The first-order chi connectivity index (χ1) is 18.3. The van der Waals surface area contributed by atoms with Crippen LogP contribution in [0.2, 0.25) is 5.02 Å². The highest BCUT2D eigenvalue weighted by Crippen LogP contribution is 2.36. The van der Waals surface area contributed by atoms with E-state index in [1.165, 1.54) is 6.20 Å². The zero-order valence-corrected chi connectivity index (χ0v) is 22.5. The average Bonchev–Trinajstić information content (AvgIpc) is 2.92. The van der Waals surface area contributed by atoms with Crippen molar-refractivity contribution in [3.8, 4) is 16.9 Å². The van der Waals surface area contributed by atoms with Gasteiger partial charge in [0.1, 0.15) is 16.6 Å². The third-order valence-corrected chi connectivity index (χ3v) is 6.27. The third kappa shape index (κ3) is 5.71. The third-order valence-electron chi connectivity index (χ3n) is 5.99. The second-order valence-electron chi connectivity index (χ2n) is 8.48. The van der Waals surface area contributed by atoms with Gasteiger partial charge in [0.05, 0.1) is 19.0 Å². The van der Waals surface area contributed by atoms with Gasteiger partial charge in [-0.25, -0.2) is 4.98 Å². The molecule has 194 valence electrons. The summed E-state index contributed by atoms with van der Waals surface area (Å²) in [6, 6.07) is 19.8. The first kappa shape index (κ1) is 26.5. The molecule has 0 saturated carbocycles. The Bertz CT molecular complexity index is 1500. The van der Waals surface area contributed by atoms with Crippen molar-refractivity contribution in [2.75, 3.05) is 31.8 Å². The lowest BCUT2D eigenvalue weighted by Crippen LogP contribution is -2.19. The number of rotatable bonds is 8. The molecule has 5 N–H and O–H groups in total. The number of amidine groups is 1. The van der Waals surface area contributed by atoms with Gasteiger partial charge in [-0.2, -0.15) is 4.98 Å². The van der Waals surface area contributed by atoms with E-state index >= 15 is 0 Å². The van der Waals surface area contributed by atoms with Crippen LogP contribution in [-0.2, 0) is 0 Å². The number of aliphatic imine (C=N–C) groups is 1. The monoisotopic (exact) mass is 527 g/mol. The van der Waals surface area contributed by atoms with Crippen LogP contribution in [0.3, 0.4) is 0 Å². The lowest BCUT2D eigenvalue weighted by atomic mass is 9.98. The Hall–Kier alpha value is -4.56. The Morgan fingerprint density at radius 3 is 2.45 bits per heavy atom. The molecule has 0 spiro atoms. The molecule has 0 amide bonds. The first-order valence-electron chi connectivity index (χ1n) is 11.9. The number of aromatic nitrogens is 2. The van der Waals surface area contributed by atoms with E-state index in [2.05, 4.69) is 49.6 Å². The molecule has 0 aliphatic rings. The first-order valence-corrected chi connectivity index (χ1v) is 12.3. The molecule has 1 heterocycles. The van der Waals surface area contributed by atoms with Crippen LogP contribution in [0.4, 0.5) is 23.1 Å². The largest absolute Gasteiger partial charge is 0.495 e. The van der Waals surface area contributed by atoms with Crippen molar-refractivity contribution < 1.29 is 4.74 Å². The van der Waals surface area contributed by atoms with Crippen LogP contribution in [0.5, 0.6) is 5.75 Å². The van der Waals surface area contributed by atoms with Crippen molar-refractivity contribution in [3.63, 3.8) is 0 Å². The van der Waals surface area contributed by atoms with Crippen molar-refractivity contribution in [3.05, 3.63) is 95.2 Å². The van der Waals surface area contributed by atoms with Gasteiger partial charge in [0.15, 0.2) is 5.82 Å². The SMILES string of the molecule is C=C(N)c1ccccc1Nc1nc(Nc2cc(C)c(-c3ccc(C(=NC)NC)cc3)cc2OC)ncc1Cl. The number of ether oxygens (including phenoxy) is 1. The number of para-hydroxylation sites is 1. The van der Waals surface area contributed by atoms with Crippen LogP contribution in [-0.4, -0.2) is 37.0 Å². The van der Waals surface area contributed by atoms with Crippen LogP contribution < -0.4 is 26.4 Å². The second-order valence-corrected chi connectivity index (χ2v) is 8.89. The van der Waals surface area contributed by atoms with Gasteiger partial charge >= 0.3 is 0 Å². The van der Waals surface area contributed by atoms with Crippen molar-refractivity contribution in [2.45, 2.75) is 6.92 Å². The molecule has 9 heteroatoms. The van der Waals surface area contributed by atoms with Gasteiger partial charge in [-0.15, -0.1) is 0 Å². The van der Waals surface area contributed by atoms with Crippen LogP contribution in [0.1, 0.15) is 16.7 Å². The van der Waals surface area contributed by atoms with Crippen molar-refractivity contribution >= 4 is 46.3 Å². The predicted octanol–water partition coefficient (Wildman–Crippen LogP) is 6.13. The minimum absolute atomic E-state index is 0.356. The molecule has 1 aromatic heterocycles. The van der Waals surface area contributed by atoms with Crippen LogP contribution in [0.15, 0.2) is 78.4 Å². The molecular formula is C29H30ClN7O. The molecule has 0 saturated heterocycles. The second kappa shape index (κ2) is 11.7.